The molecule has 1 aliphatic heterocycles. The molecule has 0 saturated carbocycles. The maximum absolute atomic E-state index is 5.93. The van der Waals surface area contributed by atoms with Gasteiger partial charge in [-0.15, -0.1) is 0 Å². The summed E-state index contributed by atoms with van der Waals surface area (Å²) in [6.45, 7) is 10.3. The highest BCUT2D eigenvalue weighted by molar-refractivity contribution is 5.43. The maximum Gasteiger partial charge on any atom is 0.191 e. The highest BCUT2D eigenvalue weighted by Gasteiger charge is 2.17. The lowest BCUT2D eigenvalue weighted by Crippen LogP contribution is -2.19. The molecule has 0 atom stereocenters. The third kappa shape index (κ3) is 7.35. The molecule has 0 spiro atoms. The number of rotatable bonds is 12. The lowest BCUT2D eigenvalue weighted by molar-refractivity contribution is -0.0686. The van der Waals surface area contributed by atoms with E-state index in [1.165, 1.54) is 55.2 Å². The van der Waals surface area contributed by atoms with Crippen molar-refractivity contribution in [3.8, 4) is 5.75 Å². The summed E-state index contributed by atoms with van der Waals surface area (Å²) >= 11 is 0. The fourth-order valence-electron chi connectivity index (χ4n) is 3.29. The second-order valence-electron chi connectivity index (χ2n) is 6.99. The molecule has 25 heavy (non-hydrogen) atoms. The van der Waals surface area contributed by atoms with Gasteiger partial charge < -0.3 is 19.5 Å². The lowest BCUT2D eigenvalue weighted by atomic mass is 10.1. The molecule has 0 amide bonds. The molecule has 0 aromatic heterocycles. The average molecular weight is 350 g/mol. The molecule has 1 aromatic carbocycles. The van der Waals surface area contributed by atoms with E-state index in [-0.39, 0.29) is 6.29 Å². The maximum atomic E-state index is 5.93. The van der Waals surface area contributed by atoms with Crippen LogP contribution in [0.15, 0.2) is 12.1 Å². The molecule has 1 saturated heterocycles. The zero-order valence-corrected chi connectivity index (χ0v) is 16.2. The van der Waals surface area contributed by atoms with E-state index >= 15 is 0 Å². The predicted molar refractivity (Wildman–Crippen MR) is 102 cm³/mol. The summed E-state index contributed by atoms with van der Waals surface area (Å²) in [5, 5.41) is 3.56. The van der Waals surface area contributed by atoms with Crippen LogP contribution < -0.4 is 10.1 Å². The second kappa shape index (κ2) is 11.5. The molecule has 142 valence electrons. The Labute approximate surface area is 153 Å². The molecule has 1 aliphatic rings. The number of benzene rings is 1. The average Bonchev–Trinajstić information content (AvgIpc) is 3.10. The van der Waals surface area contributed by atoms with Gasteiger partial charge in [-0.05, 0) is 43.5 Å². The van der Waals surface area contributed by atoms with Crippen molar-refractivity contribution >= 4 is 0 Å². The normalized spacial score (nSPS) is 15.0. The number of unbranched alkanes of at least 4 members (excludes halogenated alkanes) is 5. The third-order valence-corrected chi connectivity index (χ3v) is 4.61. The monoisotopic (exact) mass is 349 g/mol. The lowest BCUT2D eigenvalue weighted by Gasteiger charge is -2.16. The molecule has 2 rings (SSSR count). The Bertz CT molecular complexity index is 475. The smallest absolute Gasteiger partial charge is 0.191 e. The van der Waals surface area contributed by atoms with Crippen molar-refractivity contribution in [1.29, 1.82) is 0 Å². The number of aryl methyl sites for hydroxylation is 2. The summed E-state index contributed by atoms with van der Waals surface area (Å²) in [6.07, 6.45) is 7.82. The van der Waals surface area contributed by atoms with E-state index in [0.29, 0.717) is 19.8 Å². The first kappa shape index (κ1) is 20.2. The molecule has 1 heterocycles. The number of hydrogen-bond donors (Lipinski definition) is 1. The molecule has 1 N–H and O–H groups in total. The van der Waals surface area contributed by atoms with Gasteiger partial charge in [-0.25, -0.2) is 0 Å². The molecule has 1 aromatic rings. The van der Waals surface area contributed by atoms with Crippen molar-refractivity contribution < 1.29 is 14.2 Å². The van der Waals surface area contributed by atoms with Crippen LogP contribution in [-0.4, -0.2) is 32.7 Å². The van der Waals surface area contributed by atoms with E-state index in [2.05, 4.69) is 38.2 Å². The van der Waals surface area contributed by atoms with E-state index in [4.69, 9.17) is 14.2 Å². The Kier molecular flexibility index (Phi) is 9.30. The Hall–Kier alpha value is -1.10. The minimum Gasteiger partial charge on any atom is -0.488 e. The van der Waals surface area contributed by atoms with Crippen molar-refractivity contribution in [2.75, 3.05) is 26.4 Å². The van der Waals surface area contributed by atoms with Gasteiger partial charge in [0.25, 0.3) is 0 Å². The minimum atomic E-state index is -0.225. The predicted octanol–water partition coefficient (Wildman–Crippen LogP) is 4.51. The molecule has 0 radical (unpaired) electrons. The number of nitrogens with one attached hydrogen (secondary N) is 1. The molecule has 4 nitrogen and oxygen atoms in total. The van der Waals surface area contributed by atoms with Gasteiger partial charge in [-0.3, -0.25) is 0 Å². The van der Waals surface area contributed by atoms with Crippen LogP contribution in [0.3, 0.4) is 0 Å². The fourth-order valence-corrected chi connectivity index (χ4v) is 3.29. The van der Waals surface area contributed by atoms with Crippen LogP contribution in [0.1, 0.15) is 62.1 Å². The second-order valence-corrected chi connectivity index (χ2v) is 6.99. The zero-order valence-electron chi connectivity index (χ0n) is 16.2. The molecule has 0 aliphatic carbocycles. The van der Waals surface area contributed by atoms with E-state index in [1.54, 1.807) is 0 Å². The molecule has 1 fully saturated rings. The van der Waals surface area contributed by atoms with Crippen molar-refractivity contribution in [3.05, 3.63) is 28.8 Å². The van der Waals surface area contributed by atoms with E-state index in [9.17, 15) is 0 Å². The van der Waals surface area contributed by atoms with Gasteiger partial charge in [-0.1, -0.05) is 51.2 Å². The zero-order chi connectivity index (χ0) is 17.9. The minimum absolute atomic E-state index is 0.225. The van der Waals surface area contributed by atoms with Crippen molar-refractivity contribution in [3.63, 3.8) is 0 Å². The van der Waals surface area contributed by atoms with Gasteiger partial charge >= 0.3 is 0 Å². The topological polar surface area (TPSA) is 39.7 Å². The van der Waals surface area contributed by atoms with Gasteiger partial charge in [0.1, 0.15) is 12.4 Å². The van der Waals surface area contributed by atoms with Crippen LogP contribution in [0.5, 0.6) is 5.75 Å². The van der Waals surface area contributed by atoms with Crippen LogP contribution in [0.25, 0.3) is 0 Å². The van der Waals surface area contributed by atoms with Gasteiger partial charge in [0, 0.05) is 6.54 Å². The van der Waals surface area contributed by atoms with Crippen molar-refractivity contribution in [2.24, 2.45) is 0 Å². The van der Waals surface area contributed by atoms with Crippen LogP contribution in [-0.2, 0) is 16.0 Å². The first-order chi connectivity index (χ1) is 12.2. The summed E-state index contributed by atoms with van der Waals surface area (Å²) in [6, 6.07) is 4.43. The number of hydrogen-bond acceptors (Lipinski definition) is 4. The summed E-state index contributed by atoms with van der Waals surface area (Å²) in [5.74, 6) is 0.957. The third-order valence-electron chi connectivity index (χ3n) is 4.61. The van der Waals surface area contributed by atoms with Crippen molar-refractivity contribution in [2.45, 2.75) is 72.1 Å². The highest BCUT2D eigenvalue weighted by Crippen LogP contribution is 2.25. The Morgan fingerprint density at radius 2 is 1.64 bits per heavy atom. The first-order valence-corrected chi connectivity index (χ1v) is 9.87. The number of ether oxygens (including phenoxy) is 3. The summed E-state index contributed by atoms with van der Waals surface area (Å²) in [5.41, 5.74) is 3.67. The summed E-state index contributed by atoms with van der Waals surface area (Å²) < 4.78 is 16.8. The van der Waals surface area contributed by atoms with Crippen LogP contribution in [0.2, 0.25) is 0 Å². The Morgan fingerprint density at radius 1 is 1.00 bits per heavy atom. The fraction of sp³-hybridized carbons (Fsp3) is 0.714. The van der Waals surface area contributed by atoms with E-state index in [1.807, 2.05) is 0 Å². The largest absolute Gasteiger partial charge is 0.488 e. The van der Waals surface area contributed by atoms with Gasteiger partial charge in [0.05, 0.1) is 13.2 Å². The van der Waals surface area contributed by atoms with Crippen LogP contribution >= 0.6 is 0 Å². The highest BCUT2D eigenvalue weighted by atomic mass is 16.7. The Balaban J connectivity index is 1.69. The summed E-state index contributed by atoms with van der Waals surface area (Å²) in [7, 11) is 0. The standard InChI is InChI=1S/C21H35NO3/c1-4-5-6-7-8-9-10-22-15-19-13-17(2)21(18(3)14-19)25-16-20-23-11-12-24-20/h13-14,20,22H,4-12,15-16H2,1-3H3. The molecule has 0 bridgehead atoms. The SMILES string of the molecule is CCCCCCCCNCc1cc(C)c(OCC2OCCO2)c(C)c1. The van der Waals surface area contributed by atoms with E-state index < -0.39 is 0 Å². The Morgan fingerprint density at radius 3 is 2.32 bits per heavy atom. The molecular formula is C21H35NO3. The van der Waals surface area contributed by atoms with Gasteiger partial charge in [0.15, 0.2) is 6.29 Å². The first-order valence-electron chi connectivity index (χ1n) is 9.87. The van der Waals surface area contributed by atoms with Crippen molar-refractivity contribution in [1.82, 2.24) is 5.32 Å². The molecule has 0 unspecified atom stereocenters. The molecule has 4 heteroatoms. The van der Waals surface area contributed by atoms with Crippen LogP contribution in [0.4, 0.5) is 0 Å². The quantitative estimate of drug-likeness (QED) is 0.564. The molecular weight excluding hydrogens is 314 g/mol. The van der Waals surface area contributed by atoms with Crippen LogP contribution in [0, 0.1) is 13.8 Å². The van der Waals surface area contributed by atoms with E-state index in [0.717, 1.165) is 18.8 Å². The summed E-state index contributed by atoms with van der Waals surface area (Å²) in [4.78, 5) is 0. The van der Waals surface area contributed by atoms with Gasteiger partial charge in [-0.2, -0.15) is 0 Å². The van der Waals surface area contributed by atoms with Gasteiger partial charge in [0.2, 0.25) is 0 Å².